The summed E-state index contributed by atoms with van der Waals surface area (Å²) in [4.78, 5) is 7.04. The summed E-state index contributed by atoms with van der Waals surface area (Å²) in [5, 5.41) is 20.8. The number of hydrogen-bond acceptors (Lipinski definition) is 6. The lowest BCUT2D eigenvalue weighted by atomic mass is 10.1. The van der Waals surface area contributed by atoms with Gasteiger partial charge in [-0.15, -0.1) is 24.0 Å². The highest BCUT2D eigenvalue weighted by atomic mass is 127. The Labute approximate surface area is 207 Å². The summed E-state index contributed by atoms with van der Waals surface area (Å²) in [5.41, 5.74) is 8.18. The van der Waals surface area contributed by atoms with Gasteiger partial charge in [-0.1, -0.05) is 18.2 Å². The molecular formula is C22H33IN8O. The second-order valence-corrected chi connectivity index (χ2v) is 7.31. The molecule has 32 heavy (non-hydrogen) atoms. The first kappa shape index (κ1) is 25.9. The van der Waals surface area contributed by atoms with Crippen LogP contribution in [0.15, 0.2) is 35.3 Å². The molecule has 0 saturated carbocycles. The monoisotopic (exact) mass is 552 g/mol. The van der Waals surface area contributed by atoms with E-state index in [4.69, 9.17) is 10.5 Å². The smallest absolute Gasteiger partial charge is 0.191 e. The number of para-hydroxylation sites is 1. The third-order valence-corrected chi connectivity index (χ3v) is 5.12. The molecule has 1 aliphatic rings. The Morgan fingerprint density at radius 3 is 2.69 bits per heavy atom. The number of ether oxygens (including phenoxy) is 1. The minimum Gasteiger partial charge on any atom is -0.382 e. The number of nitrogens with two attached hydrogens (primary N) is 1. The van der Waals surface area contributed by atoms with Crippen molar-refractivity contribution < 1.29 is 4.74 Å². The predicted molar refractivity (Wildman–Crippen MR) is 138 cm³/mol. The number of benzene rings is 1. The number of aromatic nitrogens is 2. The van der Waals surface area contributed by atoms with Crippen molar-refractivity contribution in [2.45, 2.75) is 19.8 Å². The fourth-order valence-electron chi connectivity index (χ4n) is 3.48. The number of morpholine rings is 1. The largest absolute Gasteiger partial charge is 0.382 e. The molecule has 0 amide bonds. The SMILES string of the molecule is CCNC(=NCCCc1nn(-c2ccccc2)c(N)c1C#N)NCCN1CCOCC1.I. The molecule has 174 valence electrons. The molecular weight excluding hydrogens is 519 g/mol. The van der Waals surface area contributed by atoms with Crippen molar-refractivity contribution in [2.75, 3.05) is 58.2 Å². The van der Waals surface area contributed by atoms with Gasteiger partial charge in [0.1, 0.15) is 17.5 Å². The van der Waals surface area contributed by atoms with Gasteiger partial charge in [-0.3, -0.25) is 9.89 Å². The summed E-state index contributed by atoms with van der Waals surface area (Å²) in [6.07, 6.45) is 1.42. The lowest BCUT2D eigenvalue weighted by molar-refractivity contribution is 0.0389. The summed E-state index contributed by atoms with van der Waals surface area (Å²) in [6, 6.07) is 11.8. The number of halogens is 1. The highest BCUT2D eigenvalue weighted by molar-refractivity contribution is 14.0. The molecule has 0 aliphatic carbocycles. The first-order valence-electron chi connectivity index (χ1n) is 10.9. The molecule has 0 atom stereocenters. The van der Waals surface area contributed by atoms with Crippen molar-refractivity contribution in [2.24, 2.45) is 4.99 Å². The van der Waals surface area contributed by atoms with Crippen LogP contribution in [0.2, 0.25) is 0 Å². The van der Waals surface area contributed by atoms with E-state index in [-0.39, 0.29) is 24.0 Å². The molecule has 0 spiro atoms. The van der Waals surface area contributed by atoms with Crippen LogP contribution in [0.25, 0.3) is 5.69 Å². The van der Waals surface area contributed by atoms with Crippen molar-refractivity contribution in [1.29, 1.82) is 5.26 Å². The van der Waals surface area contributed by atoms with Crippen molar-refractivity contribution >= 4 is 35.8 Å². The van der Waals surface area contributed by atoms with E-state index in [1.165, 1.54) is 0 Å². The maximum absolute atomic E-state index is 9.54. The van der Waals surface area contributed by atoms with E-state index in [0.717, 1.165) is 64.0 Å². The van der Waals surface area contributed by atoms with Gasteiger partial charge < -0.3 is 21.1 Å². The highest BCUT2D eigenvalue weighted by Crippen LogP contribution is 2.21. The average Bonchev–Trinajstić information content (AvgIpc) is 3.13. The summed E-state index contributed by atoms with van der Waals surface area (Å²) in [6.45, 7) is 8.88. The standard InChI is InChI=1S/C22H32N8O.HI/c1-2-25-22(27-11-12-29-13-15-31-16-14-29)26-10-6-9-20-19(17-23)21(24)30(28-20)18-7-4-3-5-8-18;/h3-5,7-8H,2,6,9-16,24H2,1H3,(H2,25,26,27);1H. The number of hydrogen-bond donors (Lipinski definition) is 3. The van der Waals surface area contributed by atoms with Gasteiger partial charge in [0.25, 0.3) is 0 Å². The number of anilines is 1. The molecule has 9 nitrogen and oxygen atoms in total. The molecule has 0 radical (unpaired) electrons. The van der Waals surface area contributed by atoms with Crippen LogP contribution >= 0.6 is 24.0 Å². The quantitative estimate of drug-likeness (QED) is 0.188. The van der Waals surface area contributed by atoms with Crippen molar-refractivity contribution in [1.82, 2.24) is 25.3 Å². The molecule has 0 bridgehead atoms. The Balaban J connectivity index is 0.00000363. The normalized spacial score (nSPS) is 14.4. The average molecular weight is 552 g/mol. The lowest BCUT2D eigenvalue weighted by Gasteiger charge is -2.26. The third kappa shape index (κ3) is 7.36. The lowest BCUT2D eigenvalue weighted by Crippen LogP contribution is -2.44. The molecule has 1 aromatic heterocycles. The van der Waals surface area contributed by atoms with Crippen LogP contribution in [0.3, 0.4) is 0 Å². The first-order valence-corrected chi connectivity index (χ1v) is 10.9. The molecule has 1 saturated heterocycles. The van der Waals surface area contributed by atoms with Crippen molar-refractivity contribution in [3.8, 4) is 11.8 Å². The number of nitrogen functional groups attached to an aromatic ring is 1. The minimum absolute atomic E-state index is 0. The summed E-state index contributed by atoms with van der Waals surface area (Å²) in [7, 11) is 0. The Kier molecular flexibility index (Phi) is 11.3. The first-order chi connectivity index (χ1) is 15.2. The molecule has 3 rings (SSSR count). The van der Waals surface area contributed by atoms with Gasteiger partial charge in [-0.25, -0.2) is 4.68 Å². The zero-order valence-corrected chi connectivity index (χ0v) is 20.9. The maximum Gasteiger partial charge on any atom is 0.191 e. The Hall–Kier alpha value is -2.36. The van der Waals surface area contributed by atoms with Crippen LogP contribution in [0.5, 0.6) is 0 Å². The van der Waals surface area contributed by atoms with Crippen LogP contribution in [0, 0.1) is 11.3 Å². The fourth-order valence-corrected chi connectivity index (χ4v) is 3.48. The van der Waals surface area contributed by atoms with Gasteiger partial charge in [-0.2, -0.15) is 10.4 Å². The van der Waals surface area contributed by atoms with Gasteiger partial charge in [0.15, 0.2) is 5.96 Å². The van der Waals surface area contributed by atoms with Gasteiger partial charge in [0.05, 0.1) is 24.6 Å². The van der Waals surface area contributed by atoms with Crippen LogP contribution in [-0.2, 0) is 11.2 Å². The molecule has 1 fully saturated rings. The van der Waals surface area contributed by atoms with Crippen LogP contribution in [-0.4, -0.2) is 73.1 Å². The summed E-state index contributed by atoms with van der Waals surface area (Å²) in [5.74, 6) is 1.19. The molecule has 4 N–H and O–H groups in total. The van der Waals surface area contributed by atoms with Crippen LogP contribution in [0.4, 0.5) is 5.82 Å². The third-order valence-electron chi connectivity index (χ3n) is 5.12. The number of nitrogens with one attached hydrogen (secondary N) is 2. The molecule has 10 heteroatoms. The van der Waals surface area contributed by atoms with E-state index < -0.39 is 0 Å². The van der Waals surface area contributed by atoms with Gasteiger partial charge in [0.2, 0.25) is 0 Å². The van der Waals surface area contributed by atoms with Gasteiger partial charge in [0, 0.05) is 39.3 Å². The molecule has 0 unspecified atom stereocenters. The maximum atomic E-state index is 9.54. The van der Waals surface area contributed by atoms with Crippen molar-refractivity contribution in [3.05, 3.63) is 41.6 Å². The van der Waals surface area contributed by atoms with Gasteiger partial charge >= 0.3 is 0 Å². The van der Waals surface area contributed by atoms with E-state index in [2.05, 4.69) is 38.6 Å². The minimum atomic E-state index is 0. The Morgan fingerprint density at radius 2 is 2.00 bits per heavy atom. The zero-order chi connectivity index (χ0) is 21.9. The molecule has 2 aromatic rings. The number of nitrogens with zero attached hydrogens (tertiary/aromatic N) is 5. The summed E-state index contributed by atoms with van der Waals surface area (Å²) >= 11 is 0. The number of guanidine groups is 1. The molecule has 1 aliphatic heterocycles. The number of aryl methyl sites for hydroxylation is 1. The van der Waals surface area contributed by atoms with E-state index in [9.17, 15) is 5.26 Å². The van der Waals surface area contributed by atoms with Crippen LogP contribution in [0.1, 0.15) is 24.6 Å². The van der Waals surface area contributed by atoms with E-state index in [1.54, 1.807) is 4.68 Å². The topological polar surface area (TPSA) is 117 Å². The Morgan fingerprint density at radius 1 is 1.25 bits per heavy atom. The second-order valence-electron chi connectivity index (χ2n) is 7.31. The Bertz CT molecular complexity index is 887. The van der Waals surface area contributed by atoms with Gasteiger partial charge in [-0.05, 0) is 31.9 Å². The van der Waals surface area contributed by atoms with E-state index in [0.29, 0.717) is 30.0 Å². The van der Waals surface area contributed by atoms with Crippen molar-refractivity contribution in [3.63, 3.8) is 0 Å². The molecule has 1 aromatic carbocycles. The van der Waals surface area contributed by atoms with Crippen LogP contribution < -0.4 is 16.4 Å². The summed E-state index contributed by atoms with van der Waals surface area (Å²) < 4.78 is 7.02. The van der Waals surface area contributed by atoms with E-state index >= 15 is 0 Å². The fraction of sp³-hybridized carbons (Fsp3) is 0.500. The zero-order valence-electron chi connectivity index (χ0n) is 18.6. The number of rotatable bonds is 9. The van der Waals surface area contributed by atoms with E-state index in [1.807, 2.05) is 30.3 Å². The number of nitriles is 1. The highest BCUT2D eigenvalue weighted by Gasteiger charge is 2.16. The number of aliphatic imine (C=N–C) groups is 1. The predicted octanol–water partition coefficient (Wildman–Crippen LogP) is 1.76. The molecule has 2 heterocycles. The second kappa shape index (κ2) is 13.9.